The lowest BCUT2D eigenvalue weighted by Gasteiger charge is -2.28. The highest BCUT2D eigenvalue weighted by molar-refractivity contribution is 5.84. The number of nitrogens with zero attached hydrogens (tertiary/aromatic N) is 2. The second kappa shape index (κ2) is 7.10. The van der Waals surface area contributed by atoms with Crippen LogP contribution in [0.1, 0.15) is 47.0 Å². The molecule has 0 aromatic rings. The summed E-state index contributed by atoms with van der Waals surface area (Å²) in [6, 6.07) is 0.563. The third-order valence-corrected chi connectivity index (χ3v) is 3.90. The first-order valence-electron chi connectivity index (χ1n) is 7.28. The summed E-state index contributed by atoms with van der Waals surface area (Å²) < 4.78 is 0. The highest BCUT2D eigenvalue weighted by Crippen LogP contribution is 2.16. The van der Waals surface area contributed by atoms with Crippen molar-refractivity contribution in [2.75, 3.05) is 20.1 Å². The number of carbonyl (C=O) groups is 1. The van der Waals surface area contributed by atoms with E-state index >= 15 is 0 Å². The van der Waals surface area contributed by atoms with Gasteiger partial charge in [0.05, 0.1) is 12.2 Å². The zero-order chi connectivity index (χ0) is 13.7. The lowest BCUT2D eigenvalue weighted by Crippen LogP contribution is -2.42. The van der Waals surface area contributed by atoms with Gasteiger partial charge in [-0.25, -0.2) is 0 Å². The van der Waals surface area contributed by atoms with Crippen LogP contribution in [0.15, 0.2) is 0 Å². The number of rotatable bonds is 7. The number of amides is 1. The Morgan fingerprint density at radius 3 is 2.56 bits per heavy atom. The Kier molecular flexibility index (Phi) is 6.09. The zero-order valence-corrected chi connectivity index (χ0v) is 12.6. The highest BCUT2D eigenvalue weighted by atomic mass is 16.2. The Morgan fingerprint density at radius 1 is 1.39 bits per heavy atom. The van der Waals surface area contributed by atoms with Crippen molar-refractivity contribution in [1.82, 2.24) is 15.1 Å². The normalized spacial score (nSPS) is 24.6. The van der Waals surface area contributed by atoms with Gasteiger partial charge in [0.25, 0.3) is 0 Å². The van der Waals surface area contributed by atoms with E-state index in [0.29, 0.717) is 6.04 Å². The second-order valence-corrected chi connectivity index (χ2v) is 5.54. The maximum atomic E-state index is 12.2. The predicted octanol–water partition coefficient (Wildman–Crippen LogP) is 1.66. The van der Waals surface area contributed by atoms with Gasteiger partial charge in [-0.3, -0.25) is 10.1 Å². The van der Waals surface area contributed by atoms with Crippen LogP contribution in [0.2, 0.25) is 0 Å². The van der Waals surface area contributed by atoms with Crippen LogP contribution in [0.3, 0.4) is 0 Å². The third kappa shape index (κ3) is 3.69. The van der Waals surface area contributed by atoms with Crippen molar-refractivity contribution in [3.8, 4) is 0 Å². The minimum Gasteiger partial charge on any atom is -0.325 e. The van der Waals surface area contributed by atoms with Crippen molar-refractivity contribution in [1.29, 1.82) is 0 Å². The van der Waals surface area contributed by atoms with Gasteiger partial charge in [-0.15, -0.1) is 0 Å². The maximum absolute atomic E-state index is 12.2. The van der Waals surface area contributed by atoms with Crippen molar-refractivity contribution in [3.05, 3.63) is 0 Å². The summed E-state index contributed by atoms with van der Waals surface area (Å²) in [5, 5.41) is 3.45. The molecule has 1 heterocycles. The molecule has 1 N–H and O–H groups in total. The summed E-state index contributed by atoms with van der Waals surface area (Å²) in [7, 11) is 2.12. The molecule has 18 heavy (non-hydrogen) atoms. The van der Waals surface area contributed by atoms with Crippen molar-refractivity contribution >= 4 is 5.91 Å². The zero-order valence-electron chi connectivity index (χ0n) is 12.6. The molecule has 1 aliphatic rings. The third-order valence-electron chi connectivity index (χ3n) is 3.90. The van der Waals surface area contributed by atoms with E-state index in [0.717, 1.165) is 32.4 Å². The van der Waals surface area contributed by atoms with Crippen molar-refractivity contribution < 1.29 is 4.79 Å². The smallest absolute Gasteiger partial charge is 0.241 e. The van der Waals surface area contributed by atoms with Gasteiger partial charge in [-0.2, -0.15) is 0 Å². The van der Waals surface area contributed by atoms with Crippen LogP contribution in [0.5, 0.6) is 0 Å². The van der Waals surface area contributed by atoms with Gasteiger partial charge in [0.2, 0.25) is 5.91 Å². The van der Waals surface area contributed by atoms with E-state index in [1.807, 2.05) is 4.90 Å². The van der Waals surface area contributed by atoms with Crippen molar-refractivity contribution in [3.63, 3.8) is 0 Å². The van der Waals surface area contributed by atoms with Gasteiger partial charge in [0.1, 0.15) is 0 Å². The fraction of sp³-hybridized carbons (Fsp3) is 0.929. The molecule has 0 aliphatic carbocycles. The summed E-state index contributed by atoms with van der Waals surface area (Å²) in [6.45, 7) is 10.4. The van der Waals surface area contributed by atoms with E-state index in [1.54, 1.807) is 0 Å². The first-order chi connectivity index (χ1) is 8.51. The Morgan fingerprint density at radius 2 is 2.06 bits per heavy atom. The van der Waals surface area contributed by atoms with Crippen LogP contribution >= 0.6 is 0 Å². The Balaban J connectivity index is 2.56. The fourth-order valence-electron chi connectivity index (χ4n) is 2.34. The molecule has 106 valence electrons. The van der Waals surface area contributed by atoms with Crippen LogP contribution in [0.25, 0.3) is 0 Å². The van der Waals surface area contributed by atoms with Crippen LogP contribution in [-0.4, -0.2) is 54.1 Å². The highest BCUT2D eigenvalue weighted by Gasteiger charge is 2.36. The van der Waals surface area contributed by atoms with E-state index in [4.69, 9.17) is 0 Å². The molecule has 1 amide bonds. The van der Waals surface area contributed by atoms with Gasteiger partial charge in [-0.05, 0) is 33.7 Å². The summed E-state index contributed by atoms with van der Waals surface area (Å²) >= 11 is 0. The van der Waals surface area contributed by atoms with Crippen LogP contribution in [0, 0.1) is 0 Å². The number of likely N-dealkylation sites (N-methyl/N-ethyl adjacent to an activating group) is 1. The van der Waals surface area contributed by atoms with Crippen LogP contribution in [-0.2, 0) is 4.79 Å². The van der Waals surface area contributed by atoms with Crippen molar-refractivity contribution in [2.24, 2.45) is 0 Å². The van der Waals surface area contributed by atoms with E-state index in [9.17, 15) is 4.79 Å². The lowest BCUT2D eigenvalue weighted by atomic mass is 10.2. The summed E-state index contributed by atoms with van der Waals surface area (Å²) in [5.41, 5.74) is 0. The molecular weight excluding hydrogens is 226 g/mol. The minimum absolute atomic E-state index is 0.0332. The second-order valence-electron chi connectivity index (χ2n) is 5.54. The van der Waals surface area contributed by atoms with Gasteiger partial charge in [0.15, 0.2) is 0 Å². The molecule has 0 radical (unpaired) electrons. The molecule has 4 nitrogen and oxygen atoms in total. The first-order valence-corrected chi connectivity index (χ1v) is 7.28. The molecule has 0 spiro atoms. The molecule has 2 unspecified atom stereocenters. The molecular formula is C14H29N3O. The van der Waals surface area contributed by atoms with Gasteiger partial charge in [-0.1, -0.05) is 20.3 Å². The molecule has 4 heteroatoms. The predicted molar refractivity (Wildman–Crippen MR) is 75.4 cm³/mol. The first kappa shape index (κ1) is 15.4. The number of hydrogen-bond donors (Lipinski definition) is 1. The van der Waals surface area contributed by atoms with E-state index in [1.165, 1.54) is 0 Å². The Labute approximate surface area is 112 Å². The van der Waals surface area contributed by atoms with E-state index in [2.05, 4.69) is 45.0 Å². The van der Waals surface area contributed by atoms with Crippen molar-refractivity contribution in [2.45, 2.75) is 65.2 Å². The molecule has 0 aromatic heterocycles. The Hall–Kier alpha value is -0.610. The van der Waals surface area contributed by atoms with Crippen LogP contribution < -0.4 is 5.32 Å². The molecule has 0 bridgehead atoms. The molecule has 1 aliphatic heterocycles. The molecule has 0 aromatic carbocycles. The Bertz CT molecular complexity index is 268. The molecule has 0 saturated carbocycles. The number of carbonyl (C=O) groups excluding carboxylic acids is 1. The van der Waals surface area contributed by atoms with Gasteiger partial charge < -0.3 is 9.80 Å². The monoisotopic (exact) mass is 255 g/mol. The fourth-order valence-corrected chi connectivity index (χ4v) is 2.34. The van der Waals surface area contributed by atoms with Gasteiger partial charge >= 0.3 is 0 Å². The molecule has 1 fully saturated rings. The summed E-state index contributed by atoms with van der Waals surface area (Å²) in [6.07, 6.45) is 3.29. The topological polar surface area (TPSA) is 35.6 Å². The molecule has 2 atom stereocenters. The van der Waals surface area contributed by atoms with E-state index in [-0.39, 0.29) is 18.1 Å². The maximum Gasteiger partial charge on any atom is 0.241 e. The SMILES string of the molecule is CCCC1NC(CC)C(=O)N1CCN(C)C(C)C. The van der Waals surface area contributed by atoms with Gasteiger partial charge in [0, 0.05) is 19.1 Å². The van der Waals surface area contributed by atoms with Crippen LogP contribution in [0.4, 0.5) is 0 Å². The number of nitrogens with one attached hydrogen (secondary N) is 1. The average Bonchev–Trinajstić information content (AvgIpc) is 2.63. The minimum atomic E-state index is 0.0332. The largest absolute Gasteiger partial charge is 0.325 e. The number of hydrogen-bond acceptors (Lipinski definition) is 3. The standard InChI is InChI=1S/C14H29N3O/c1-6-8-13-15-12(7-2)14(18)17(13)10-9-16(5)11(3)4/h11-13,15H,6-10H2,1-5H3. The quantitative estimate of drug-likeness (QED) is 0.751. The summed E-state index contributed by atoms with van der Waals surface area (Å²) in [5.74, 6) is 0.285. The molecule has 1 saturated heterocycles. The molecule has 1 rings (SSSR count). The average molecular weight is 255 g/mol. The summed E-state index contributed by atoms with van der Waals surface area (Å²) in [4.78, 5) is 16.6. The lowest BCUT2D eigenvalue weighted by molar-refractivity contribution is -0.130. The van der Waals surface area contributed by atoms with E-state index < -0.39 is 0 Å².